The highest BCUT2D eigenvalue weighted by atomic mass is 35.5. The minimum atomic E-state index is -0.332. The number of aromatic nitrogens is 2. The third-order valence-electron chi connectivity index (χ3n) is 4.07. The molecule has 144 valence electrons. The highest BCUT2D eigenvalue weighted by Crippen LogP contribution is 2.13. The Morgan fingerprint density at radius 3 is 2.46 bits per heavy atom. The Labute approximate surface area is 172 Å². The van der Waals surface area contributed by atoms with Crippen molar-refractivity contribution >= 4 is 34.9 Å². The average Bonchev–Trinajstić information content (AvgIpc) is 3.24. The summed E-state index contributed by atoms with van der Waals surface area (Å²) in [5.74, 6) is -0.552. The Morgan fingerprint density at radius 1 is 1.04 bits per heavy atom. The lowest BCUT2D eigenvalue weighted by atomic mass is 10.1. The van der Waals surface area contributed by atoms with E-state index in [2.05, 4.69) is 14.9 Å². The fourth-order valence-electron chi connectivity index (χ4n) is 2.65. The van der Waals surface area contributed by atoms with Crippen LogP contribution in [0.5, 0.6) is 0 Å². The van der Waals surface area contributed by atoms with E-state index in [1.807, 2.05) is 42.5 Å². The van der Waals surface area contributed by atoms with Gasteiger partial charge < -0.3 is 10.2 Å². The van der Waals surface area contributed by atoms with Crippen molar-refractivity contribution in [2.24, 2.45) is 0 Å². The maximum atomic E-state index is 12.7. The van der Waals surface area contributed by atoms with Crippen molar-refractivity contribution in [3.05, 3.63) is 81.8 Å². The molecule has 0 atom stereocenters. The molecule has 28 heavy (non-hydrogen) atoms. The van der Waals surface area contributed by atoms with Crippen LogP contribution in [0.2, 0.25) is 5.02 Å². The first-order valence-corrected chi connectivity index (χ1v) is 9.94. The van der Waals surface area contributed by atoms with E-state index in [-0.39, 0.29) is 30.6 Å². The molecule has 2 amide bonds. The minimum absolute atomic E-state index is 0.0617. The zero-order chi connectivity index (χ0) is 19.8. The van der Waals surface area contributed by atoms with Crippen LogP contribution in [-0.2, 0) is 17.8 Å². The van der Waals surface area contributed by atoms with Crippen LogP contribution in [0.1, 0.15) is 21.6 Å². The largest absolute Gasteiger partial charge is 0.354 e. The van der Waals surface area contributed by atoms with E-state index < -0.39 is 0 Å². The fraction of sp³-hybridized carbons (Fsp3) is 0.200. The van der Waals surface area contributed by atoms with Crippen molar-refractivity contribution in [2.75, 3.05) is 13.1 Å². The van der Waals surface area contributed by atoms with E-state index in [1.54, 1.807) is 17.5 Å². The lowest BCUT2D eigenvalue weighted by Crippen LogP contribution is -2.41. The lowest BCUT2D eigenvalue weighted by molar-refractivity contribution is -0.121. The summed E-state index contributed by atoms with van der Waals surface area (Å²) < 4.78 is 3.73. The van der Waals surface area contributed by atoms with Gasteiger partial charge in [0.25, 0.3) is 5.91 Å². The molecule has 0 aliphatic heterocycles. The smallest absolute Gasteiger partial charge is 0.276 e. The van der Waals surface area contributed by atoms with E-state index >= 15 is 0 Å². The molecule has 6 nitrogen and oxygen atoms in total. The normalized spacial score (nSPS) is 10.5. The van der Waals surface area contributed by atoms with Gasteiger partial charge in [0.15, 0.2) is 5.69 Å². The highest BCUT2D eigenvalue weighted by molar-refractivity contribution is 7.03. The van der Waals surface area contributed by atoms with Gasteiger partial charge in [-0.3, -0.25) is 9.59 Å². The molecule has 3 rings (SSSR count). The van der Waals surface area contributed by atoms with Crippen LogP contribution in [0.3, 0.4) is 0 Å². The molecule has 0 radical (unpaired) electrons. The molecule has 1 heterocycles. The quantitative estimate of drug-likeness (QED) is 0.614. The van der Waals surface area contributed by atoms with E-state index in [4.69, 9.17) is 11.6 Å². The molecule has 0 saturated heterocycles. The van der Waals surface area contributed by atoms with E-state index in [0.717, 1.165) is 29.1 Å². The van der Waals surface area contributed by atoms with E-state index in [9.17, 15) is 9.59 Å². The first-order valence-electron chi connectivity index (χ1n) is 8.73. The Morgan fingerprint density at radius 2 is 1.79 bits per heavy atom. The Bertz CT molecular complexity index is 902. The number of nitrogens with one attached hydrogen (secondary N) is 1. The number of nitrogens with zero attached hydrogens (tertiary/aromatic N) is 3. The van der Waals surface area contributed by atoms with Crippen molar-refractivity contribution in [2.45, 2.75) is 13.0 Å². The summed E-state index contributed by atoms with van der Waals surface area (Å²) in [6.45, 7) is 0.720. The van der Waals surface area contributed by atoms with Crippen molar-refractivity contribution in [3.63, 3.8) is 0 Å². The van der Waals surface area contributed by atoms with Crippen LogP contribution >= 0.6 is 23.1 Å². The molecule has 0 aliphatic rings. The second-order valence-electron chi connectivity index (χ2n) is 6.16. The first kappa shape index (κ1) is 20.0. The standard InChI is InChI=1S/C20H19ClN4O2S/c21-17-8-6-16(7-9-17)12-25(20(27)18-14-28-24-23-18)13-19(26)22-11-10-15-4-2-1-3-5-15/h1-9,14H,10-13H2,(H,22,26). The summed E-state index contributed by atoms with van der Waals surface area (Å²) in [5, 5.41) is 8.88. The van der Waals surface area contributed by atoms with Gasteiger partial charge in [-0.05, 0) is 41.2 Å². The van der Waals surface area contributed by atoms with Crippen molar-refractivity contribution in [1.82, 2.24) is 19.8 Å². The summed E-state index contributed by atoms with van der Waals surface area (Å²) >= 11 is 7.02. The average molecular weight is 415 g/mol. The number of amides is 2. The van der Waals surface area contributed by atoms with Crippen molar-refractivity contribution < 1.29 is 9.59 Å². The first-order chi connectivity index (χ1) is 13.6. The Balaban J connectivity index is 1.61. The zero-order valence-electron chi connectivity index (χ0n) is 15.0. The molecule has 0 unspecified atom stereocenters. The molecule has 0 spiro atoms. The second kappa shape index (κ2) is 9.96. The lowest BCUT2D eigenvalue weighted by Gasteiger charge is -2.21. The van der Waals surface area contributed by atoms with Gasteiger partial charge in [0, 0.05) is 23.5 Å². The summed E-state index contributed by atoms with van der Waals surface area (Å²) in [6, 6.07) is 17.1. The number of hydrogen-bond donors (Lipinski definition) is 1. The van der Waals surface area contributed by atoms with Gasteiger partial charge in [-0.1, -0.05) is 58.6 Å². The summed E-state index contributed by atoms with van der Waals surface area (Å²) in [4.78, 5) is 26.6. The number of hydrogen-bond acceptors (Lipinski definition) is 5. The van der Waals surface area contributed by atoms with Gasteiger partial charge in [0.1, 0.15) is 6.54 Å². The molecule has 0 aliphatic carbocycles. The predicted molar refractivity (Wildman–Crippen MR) is 109 cm³/mol. The van der Waals surface area contributed by atoms with Crippen LogP contribution in [-0.4, -0.2) is 39.4 Å². The van der Waals surface area contributed by atoms with Gasteiger partial charge in [0.2, 0.25) is 5.91 Å². The topological polar surface area (TPSA) is 75.2 Å². The van der Waals surface area contributed by atoms with Gasteiger partial charge in [-0.15, -0.1) is 5.10 Å². The molecule has 0 bridgehead atoms. The Kier molecular flexibility index (Phi) is 7.11. The van der Waals surface area contributed by atoms with Crippen LogP contribution in [0.25, 0.3) is 0 Å². The second-order valence-corrected chi connectivity index (χ2v) is 7.21. The molecular weight excluding hydrogens is 396 g/mol. The van der Waals surface area contributed by atoms with Gasteiger partial charge in [0.05, 0.1) is 0 Å². The predicted octanol–water partition coefficient (Wildman–Crippen LogP) is 3.19. The highest BCUT2D eigenvalue weighted by Gasteiger charge is 2.21. The van der Waals surface area contributed by atoms with Crippen LogP contribution in [0, 0.1) is 0 Å². The number of carbonyl (C=O) groups is 2. The van der Waals surface area contributed by atoms with Crippen LogP contribution in [0.15, 0.2) is 60.0 Å². The molecular formula is C20H19ClN4O2S. The molecule has 3 aromatic rings. The summed E-state index contributed by atoms with van der Waals surface area (Å²) in [7, 11) is 0. The Hall–Kier alpha value is -2.77. The number of halogens is 1. The van der Waals surface area contributed by atoms with Crippen LogP contribution in [0.4, 0.5) is 0 Å². The SMILES string of the molecule is O=C(CN(Cc1ccc(Cl)cc1)C(=O)c1csnn1)NCCc1ccccc1. The monoisotopic (exact) mass is 414 g/mol. The number of rotatable bonds is 8. The summed E-state index contributed by atoms with van der Waals surface area (Å²) in [6.07, 6.45) is 0.730. The maximum Gasteiger partial charge on any atom is 0.276 e. The van der Waals surface area contributed by atoms with Gasteiger partial charge >= 0.3 is 0 Å². The number of carbonyl (C=O) groups excluding carboxylic acids is 2. The van der Waals surface area contributed by atoms with Crippen molar-refractivity contribution in [1.29, 1.82) is 0 Å². The molecule has 0 saturated carbocycles. The maximum absolute atomic E-state index is 12.7. The molecule has 1 N–H and O–H groups in total. The van der Waals surface area contributed by atoms with E-state index in [0.29, 0.717) is 11.6 Å². The molecule has 1 aromatic heterocycles. The van der Waals surface area contributed by atoms with Gasteiger partial charge in [-0.25, -0.2) is 0 Å². The van der Waals surface area contributed by atoms with Gasteiger partial charge in [-0.2, -0.15) is 0 Å². The number of benzene rings is 2. The molecule has 8 heteroatoms. The molecule has 2 aromatic carbocycles. The van der Waals surface area contributed by atoms with Crippen molar-refractivity contribution in [3.8, 4) is 0 Å². The van der Waals surface area contributed by atoms with E-state index in [1.165, 1.54) is 4.90 Å². The third-order valence-corrected chi connectivity index (χ3v) is 4.82. The fourth-order valence-corrected chi connectivity index (χ4v) is 3.21. The molecule has 0 fully saturated rings. The summed E-state index contributed by atoms with van der Waals surface area (Å²) in [5.41, 5.74) is 2.25. The zero-order valence-corrected chi connectivity index (χ0v) is 16.6. The third kappa shape index (κ3) is 5.87. The van der Waals surface area contributed by atoms with Crippen LogP contribution < -0.4 is 5.32 Å². The minimum Gasteiger partial charge on any atom is -0.354 e.